The lowest BCUT2D eigenvalue weighted by Gasteiger charge is -2.34. The van der Waals surface area contributed by atoms with Gasteiger partial charge in [0, 0.05) is 19.3 Å². The molecule has 120 valence electrons. The smallest absolute Gasteiger partial charge is 0.239 e. The van der Waals surface area contributed by atoms with Gasteiger partial charge in [0.25, 0.3) is 0 Å². The highest BCUT2D eigenvalue weighted by atomic mass is 35.5. The molecule has 2 atom stereocenters. The molecule has 21 heavy (non-hydrogen) atoms. The van der Waals surface area contributed by atoms with Crippen molar-refractivity contribution in [2.45, 2.75) is 38.3 Å². The molecule has 0 spiro atoms. The van der Waals surface area contributed by atoms with Gasteiger partial charge in [0.05, 0.1) is 18.3 Å². The van der Waals surface area contributed by atoms with Crippen LogP contribution in [0.25, 0.3) is 0 Å². The lowest BCUT2D eigenvalue weighted by molar-refractivity contribution is -0.134. The molecular weight excluding hydrogens is 308 g/mol. The molecule has 1 fully saturated rings. The number of halogens is 1. The minimum absolute atomic E-state index is 0. The molecule has 0 radical (unpaired) electrons. The van der Waals surface area contributed by atoms with Gasteiger partial charge in [0.2, 0.25) is 5.91 Å². The first-order chi connectivity index (χ1) is 9.61. The lowest BCUT2D eigenvalue weighted by atomic mass is 10.0. The van der Waals surface area contributed by atoms with E-state index in [2.05, 4.69) is 5.10 Å². The molecule has 1 aromatic heterocycles. The van der Waals surface area contributed by atoms with E-state index in [-0.39, 0.29) is 30.4 Å². The molecule has 0 aromatic carbocycles. The normalized spacial score (nSPS) is 20.0. The Hall–Kier alpha value is -0.720. The topological polar surface area (TPSA) is 64.2 Å². The maximum absolute atomic E-state index is 12.3. The fourth-order valence-electron chi connectivity index (χ4n) is 2.61. The Balaban J connectivity index is 0.00000220. The van der Waals surface area contributed by atoms with E-state index in [1.807, 2.05) is 35.2 Å². The maximum atomic E-state index is 12.3. The van der Waals surface area contributed by atoms with Crippen molar-refractivity contribution in [3.63, 3.8) is 0 Å². The standard InChI is InChI=1S/C14H24N4OS.ClH/c1-11-8-16-18(9-11)12-4-3-6-17(10-12)14(19)13(15)5-7-20-2;/h8-9,12-13H,3-7,10,15H2,1-2H3;1H/t12?,13-;/m0./s1. The van der Waals surface area contributed by atoms with E-state index in [9.17, 15) is 4.79 Å². The number of carbonyl (C=O) groups excluding carboxylic acids is 1. The Labute approximate surface area is 137 Å². The van der Waals surface area contributed by atoms with Gasteiger partial charge >= 0.3 is 0 Å². The Bertz CT molecular complexity index is 454. The number of thioether (sulfide) groups is 1. The van der Waals surface area contributed by atoms with Crippen LogP contribution in [0, 0.1) is 6.92 Å². The molecule has 0 bridgehead atoms. The number of aromatic nitrogens is 2. The highest BCUT2D eigenvalue weighted by Crippen LogP contribution is 2.22. The molecule has 1 aliphatic rings. The van der Waals surface area contributed by atoms with Crippen LogP contribution in [0.2, 0.25) is 0 Å². The molecule has 1 unspecified atom stereocenters. The summed E-state index contributed by atoms with van der Waals surface area (Å²) in [5, 5.41) is 4.37. The number of nitrogens with zero attached hydrogens (tertiary/aromatic N) is 3. The number of rotatable bonds is 5. The van der Waals surface area contributed by atoms with Gasteiger partial charge in [0.15, 0.2) is 0 Å². The molecule has 7 heteroatoms. The maximum Gasteiger partial charge on any atom is 0.239 e. The first-order valence-electron chi connectivity index (χ1n) is 7.16. The number of nitrogens with two attached hydrogens (primary N) is 1. The van der Waals surface area contributed by atoms with Gasteiger partial charge in [-0.3, -0.25) is 9.48 Å². The summed E-state index contributed by atoms with van der Waals surface area (Å²) in [5.41, 5.74) is 7.15. The molecule has 1 amide bonds. The average molecular weight is 333 g/mol. The molecule has 0 aliphatic carbocycles. The zero-order valence-electron chi connectivity index (χ0n) is 12.7. The summed E-state index contributed by atoms with van der Waals surface area (Å²) >= 11 is 1.73. The predicted molar refractivity (Wildman–Crippen MR) is 90.0 cm³/mol. The molecule has 5 nitrogen and oxygen atoms in total. The monoisotopic (exact) mass is 332 g/mol. The third-order valence-corrected chi connectivity index (χ3v) is 4.41. The second kappa shape index (κ2) is 8.66. The zero-order chi connectivity index (χ0) is 14.5. The number of piperidine rings is 1. The summed E-state index contributed by atoms with van der Waals surface area (Å²) in [6.45, 7) is 3.59. The Morgan fingerprint density at radius 1 is 1.62 bits per heavy atom. The summed E-state index contributed by atoms with van der Waals surface area (Å²) in [6, 6.07) is -0.0743. The van der Waals surface area contributed by atoms with E-state index in [1.54, 1.807) is 11.8 Å². The number of hydrogen-bond acceptors (Lipinski definition) is 4. The van der Waals surface area contributed by atoms with Gasteiger partial charge in [-0.1, -0.05) is 0 Å². The molecule has 1 saturated heterocycles. The second-order valence-electron chi connectivity index (χ2n) is 5.47. The van der Waals surface area contributed by atoms with Crippen LogP contribution < -0.4 is 5.73 Å². The third-order valence-electron chi connectivity index (χ3n) is 3.76. The van der Waals surface area contributed by atoms with Crippen molar-refractivity contribution in [3.05, 3.63) is 18.0 Å². The average Bonchev–Trinajstić information content (AvgIpc) is 2.90. The molecule has 2 rings (SSSR count). The van der Waals surface area contributed by atoms with Crippen molar-refractivity contribution in [2.75, 3.05) is 25.1 Å². The van der Waals surface area contributed by atoms with Crippen molar-refractivity contribution in [2.24, 2.45) is 5.73 Å². The van der Waals surface area contributed by atoms with E-state index in [1.165, 1.54) is 0 Å². The fourth-order valence-corrected chi connectivity index (χ4v) is 3.10. The van der Waals surface area contributed by atoms with Crippen LogP contribution >= 0.6 is 24.2 Å². The number of amides is 1. The summed E-state index contributed by atoms with van der Waals surface area (Å²) in [4.78, 5) is 14.3. The van der Waals surface area contributed by atoms with E-state index in [4.69, 9.17) is 5.73 Å². The van der Waals surface area contributed by atoms with Crippen LogP contribution in [0.3, 0.4) is 0 Å². The highest BCUT2D eigenvalue weighted by Gasteiger charge is 2.27. The summed E-state index contributed by atoms with van der Waals surface area (Å²) in [6.07, 6.45) is 8.79. The first-order valence-corrected chi connectivity index (χ1v) is 8.55. The molecule has 2 N–H and O–H groups in total. The van der Waals surface area contributed by atoms with E-state index in [0.717, 1.165) is 43.7 Å². The number of likely N-dealkylation sites (tertiary alicyclic amines) is 1. The van der Waals surface area contributed by atoms with Crippen LogP contribution in [0.4, 0.5) is 0 Å². The van der Waals surface area contributed by atoms with E-state index < -0.39 is 0 Å². The molecular formula is C14H25ClN4OS. The van der Waals surface area contributed by atoms with Crippen molar-refractivity contribution in [1.29, 1.82) is 0 Å². The van der Waals surface area contributed by atoms with Crippen molar-refractivity contribution < 1.29 is 4.79 Å². The van der Waals surface area contributed by atoms with Crippen molar-refractivity contribution in [1.82, 2.24) is 14.7 Å². The van der Waals surface area contributed by atoms with Gasteiger partial charge < -0.3 is 10.6 Å². The molecule has 0 saturated carbocycles. The van der Waals surface area contributed by atoms with Crippen LogP contribution in [0.1, 0.15) is 30.9 Å². The minimum Gasteiger partial charge on any atom is -0.339 e. The second-order valence-corrected chi connectivity index (χ2v) is 6.45. The van der Waals surface area contributed by atoms with Gasteiger partial charge in [-0.2, -0.15) is 16.9 Å². The van der Waals surface area contributed by atoms with Crippen molar-refractivity contribution >= 4 is 30.1 Å². The molecule has 2 heterocycles. The Morgan fingerprint density at radius 2 is 2.38 bits per heavy atom. The first kappa shape index (κ1) is 18.3. The van der Waals surface area contributed by atoms with Crippen LogP contribution in [0.5, 0.6) is 0 Å². The summed E-state index contributed by atoms with van der Waals surface area (Å²) in [5.74, 6) is 1.02. The quantitative estimate of drug-likeness (QED) is 0.894. The molecule has 1 aliphatic heterocycles. The highest BCUT2D eigenvalue weighted by molar-refractivity contribution is 7.98. The molecule has 1 aromatic rings. The van der Waals surface area contributed by atoms with Gasteiger partial charge in [-0.15, -0.1) is 12.4 Å². The number of aryl methyl sites for hydroxylation is 1. The van der Waals surface area contributed by atoms with Crippen LogP contribution in [-0.2, 0) is 4.79 Å². The summed E-state index contributed by atoms with van der Waals surface area (Å²) in [7, 11) is 0. The third kappa shape index (κ3) is 4.90. The SMILES string of the molecule is CSCC[C@H](N)C(=O)N1CCCC(n2cc(C)cn2)C1.Cl. The predicted octanol–water partition coefficient (Wildman–Crippen LogP) is 1.86. The zero-order valence-corrected chi connectivity index (χ0v) is 14.3. The fraction of sp³-hybridized carbons (Fsp3) is 0.714. The van der Waals surface area contributed by atoms with E-state index in [0.29, 0.717) is 0 Å². The lowest BCUT2D eigenvalue weighted by Crippen LogP contribution is -2.48. The van der Waals surface area contributed by atoms with Crippen LogP contribution in [0.15, 0.2) is 12.4 Å². The summed E-state index contributed by atoms with van der Waals surface area (Å²) < 4.78 is 1.99. The van der Waals surface area contributed by atoms with Gasteiger partial charge in [0.1, 0.15) is 0 Å². The number of carbonyl (C=O) groups is 1. The Kier molecular flexibility index (Phi) is 7.56. The van der Waals surface area contributed by atoms with Crippen molar-refractivity contribution in [3.8, 4) is 0 Å². The Morgan fingerprint density at radius 3 is 3.00 bits per heavy atom. The van der Waals surface area contributed by atoms with Gasteiger partial charge in [-0.25, -0.2) is 0 Å². The van der Waals surface area contributed by atoms with Crippen LogP contribution in [-0.4, -0.2) is 51.7 Å². The number of hydrogen-bond donors (Lipinski definition) is 1. The van der Waals surface area contributed by atoms with E-state index >= 15 is 0 Å². The van der Waals surface area contributed by atoms with Gasteiger partial charge in [-0.05, 0) is 43.8 Å². The largest absolute Gasteiger partial charge is 0.339 e. The minimum atomic E-state index is -0.361.